The van der Waals surface area contributed by atoms with Crippen LogP contribution in [0.5, 0.6) is 0 Å². The zero-order valence-corrected chi connectivity index (χ0v) is 15.7. The fourth-order valence-electron chi connectivity index (χ4n) is 2.88. The van der Waals surface area contributed by atoms with Crippen molar-refractivity contribution in [2.24, 2.45) is 0 Å². The Morgan fingerprint density at radius 3 is 2.52 bits per heavy atom. The summed E-state index contributed by atoms with van der Waals surface area (Å²) < 4.78 is 0. The van der Waals surface area contributed by atoms with Gasteiger partial charge in [-0.1, -0.05) is 30.3 Å². The van der Waals surface area contributed by atoms with Gasteiger partial charge >= 0.3 is 0 Å². The molecule has 0 bridgehead atoms. The standard InChI is InChI=1S/C20H23N3OS/c1-14-9-21-18(15(2)20(14)24)11-23(10-17-7-5-4-6-8-17)12-19-16(3)22-13-25-19/h4-9,13H,10-12H2,1-3H3,(H,21,24). The molecule has 0 saturated heterocycles. The van der Waals surface area contributed by atoms with E-state index in [2.05, 4.69) is 39.1 Å². The van der Waals surface area contributed by atoms with Crippen LogP contribution in [0.3, 0.4) is 0 Å². The first-order chi connectivity index (χ1) is 12.0. The van der Waals surface area contributed by atoms with Crippen LogP contribution in [0.15, 0.2) is 46.8 Å². The molecule has 0 spiro atoms. The van der Waals surface area contributed by atoms with E-state index in [1.165, 1.54) is 10.4 Å². The molecule has 0 radical (unpaired) electrons. The average molecular weight is 353 g/mol. The Balaban J connectivity index is 1.87. The molecule has 3 rings (SSSR count). The summed E-state index contributed by atoms with van der Waals surface area (Å²) in [7, 11) is 0. The minimum atomic E-state index is 0.127. The van der Waals surface area contributed by atoms with E-state index >= 15 is 0 Å². The van der Waals surface area contributed by atoms with Gasteiger partial charge in [0.2, 0.25) is 0 Å². The lowest BCUT2D eigenvalue weighted by atomic mass is 10.1. The summed E-state index contributed by atoms with van der Waals surface area (Å²) in [6.07, 6.45) is 1.81. The Bertz CT molecular complexity index is 899. The molecule has 0 atom stereocenters. The molecule has 3 aromatic rings. The third-order valence-electron chi connectivity index (χ3n) is 4.46. The van der Waals surface area contributed by atoms with Crippen molar-refractivity contribution in [2.45, 2.75) is 40.4 Å². The van der Waals surface area contributed by atoms with Crippen LogP contribution in [0.2, 0.25) is 0 Å². The second-order valence-electron chi connectivity index (χ2n) is 6.40. The summed E-state index contributed by atoms with van der Waals surface area (Å²) in [5.41, 5.74) is 6.91. The van der Waals surface area contributed by atoms with Crippen LogP contribution < -0.4 is 5.43 Å². The minimum Gasteiger partial charge on any atom is -0.363 e. The smallest absolute Gasteiger partial charge is 0.187 e. The quantitative estimate of drug-likeness (QED) is 0.730. The van der Waals surface area contributed by atoms with E-state index in [9.17, 15) is 4.79 Å². The lowest BCUT2D eigenvalue weighted by Gasteiger charge is -2.23. The summed E-state index contributed by atoms with van der Waals surface area (Å²) >= 11 is 1.68. The number of hydrogen-bond donors (Lipinski definition) is 1. The number of hydrogen-bond acceptors (Lipinski definition) is 4. The maximum atomic E-state index is 12.3. The molecule has 1 aromatic carbocycles. The maximum absolute atomic E-state index is 12.3. The van der Waals surface area contributed by atoms with Crippen LogP contribution in [0.4, 0.5) is 0 Å². The second-order valence-corrected chi connectivity index (χ2v) is 7.34. The largest absolute Gasteiger partial charge is 0.363 e. The number of nitrogens with zero attached hydrogens (tertiary/aromatic N) is 2. The van der Waals surface area contributed by atoms with Crippen LogP contribution in [0.25, 0.3) is 0 Å². The van der Waals surface area contributed by atoms with Gasteiger partial charge in [-0.15, -0.1) is 11.3 Å². The lowest BCUT2D eigenvalue weighted by molar-refractivity contribution is 0.245. The van der Waals surface area contributed by atoms with Crippen molar-refractivity contribution in [3.05, 3.63) is 85.2 Å². The molecule has 2 heterocycles. The highest BCUT2D eigenvalue weighted by Gasteiger charge is 2.14. The molecule has 0 unspecified atom stereocenters. The molecule has 0 aliphatic carbocycles. The Hall–Kier alpha value is -2.24. The van der Waals surface area contributed by atoms with Crippen LogP contribution in [-0.4, -0.2) is 14.9 Å². The molecule has 0 saturated carbocycles. The summed E-state index contributed by atoms with van der Waals surface area (Å²) in [6, 6.07) is 10.4. The summed E-state index contributed by atoms with van der Waals surface area (Å²) in [5, 5.41) is 0. The van der Waals surface area contributed by atoms with Gasteiger partial charge in [0.05, 0.1) is 11.2 Å². The fraction of sp³-hybridized carbons (Fsp3) is 0.300. The van der Waals surface area contributed by atoms with Crippen LogP contribution in [-0.2, 0) is 19.6 Å². The Morgan fingerprint density at radius 1 is 1.08 bits per heavy atom. The van der Waals surface area contributed by atoms with Crippen LogP contribution >= 0.6 is 11.3 Å². The maximum Gasteiger partial charge on any atom is 0.187 e. The van der Waals surface area contributed by atoms with Gasteiger partial charge in [-0.2, -0.15) is 0 Å². The highest BCUT2D eigenvalue weighted by Crippen LogP contribution is 2.19. The van der Waals surface area contributed by atoms with Crippen molar-refractivity contribution < 1.29 is 0 Å². The molecule has 0 aliphatic rings. The summed E-state index contributed by atoms with van der Waals surface area (Å²) in [6.45, 7) is 8.14. The molecule has 4 nitrogen and oxygen atoms in total. The van der Waals surface area contributed by atoms with Gasteiger partial charge in [-0.3, -0.25) is 9.69 Å². The van der Waals surface area contributed by atoms with E-state index in [-0.39, 0.29) is 5.43 Å². The number of aromatic amines is 1. The van der Waals surface area contributed by atoms with E-state index in [4.69, 9.17) is 0 Å². The first-order valence-corrected chi connectivity index (χ1v) is 9.25. The van der Waals surface area contributed by atoms with E-state index in [0.717, 1.165) is 35.6 Å². The van der Waals surface area contributed by atoms with Gasteiger partial charge in [0.15, 0.2) is 5.43 Å². The number of benzene rings is 1. The molecule has 25 heavy (non-hydrogen) atoms. The van der Waals surface area contributed by atoms with Gasteiger partial charge in [-0.05, 0) is 26.3 Å². The Morgan fingerprint density at radius 2 is 1.84 bits per heavy atom. The second kappa shape index (κ2) is 7.76. The molecular formula is C20H23N3OS. The van der Waals surface area contributed by atoms with Crippen LogP contribution in [0.1, 0.15) is 33.0 Å². The van der Waals surface area contributed by atoms with Crippen LogP contribution in [0, 0.1) is 20.8 Å². The van der Waals surface area contributed by atoms with Crippen molar-refractivity contribution >= 4 is 11.3 Å². The Kier molecular flexibility index (Phi) is 5.46. The van der Waals surface area contributed by atoms with Gasteiger partial charge in [0, 0.05) is 47.5 Å². The Labute approximate surface area is 152 Å². The molecule has 2 aromatic heterocycles. The molecule has 130 valence electrons. The number of aryl methyl sites for hydroxylation is 2. The molecule has 5 heteroatoms. The van der Waals surface area contributed by atoms with E-state index in [1.54, 1.807) is 11.3 Å². The average Bonchev–Trinajstić information content (AvgIpc) is 3.01. The molecule has 0 aliphatic heterocycles. The van der Waals surface area contributed by atoms with Crippen molar-refractivity contribution in [2.75, 3.05) is 0 Å². The molecule has 1 N–H and O–H groups in total. The molecular weight excluding hydrogens is 330 g/mol. The highest BCUT2D eigenvalue weighted by atomic mass is 32.1. The van der Waals surface area contributed by atoms with E-state index < -0.39 is 0 Å². The summed E-state index contributed by atoms with van der Waals surface area (Å²) in [4.78, 5) is 23.5. The van der Waals surface area contributed by atoms with Crippen molar-refractivity contribution in [3.8, 4) is 0 Å². The third kappa shape index (κ3) is 4.24. The van der Waals surface area contributed by atoms with E-state index in [1.807, 2.05) is 38.5 Å². The predicted molar refractivity (Wildman–Crippen MR) is 103 cm³/mol. The zero-order valence-electron chi connectivity index (χ0n) is 14.9. The van der Waals surface area contributed by atoms with Gasteiger partial charge < -0.3 is 4.98 Å². The van der Waals surface area contributed by atoms with Crippen molar-refractivity contribution in [1.82, 2.24) is 14.9 Å². The van der Waals surface area contributed by atoms with E-state index in [0.29, 0.717) is 6.54 Å². The van der Waals surface area contributed by atoms with Gasteiger partial charge in [-0.25, -0.2) is 4.98 Å². The number of thiazole rings is 1. The number of aromatic nitrogens is 2. The van der Waals surface area contributed by atoms with Gasteiger partial charge in [0.25, 0.3) is 0 Å². The monoisotopic (exact) mass is 353 g/mol. The predicted octanol–water partition coefficient (Wildman–Crippen LogP) is 3.96. The lowest BCUT2D eigenvalue weighted by Crippen LogP contribution is -2.25. The fourth-order valence-corrected chi connectivity index (χ4v) is 3.70. The zero-order chi connectivity index (χ0) is 17.8. The number of pyridine rings is 1. The topological polar surface area (TPSA) is 49.0 Å². The normalized spacial score (nSPS) is 11.2. The number of rotatable bonds is 6. The SMILES string of the molecule is Cc1ncsc1CN(Cc1ccccc1)Cc1[nH]cc(C)c(=O)c1C. The third-order valence-corrected chi connectivity index (χ3v) is 5.38. The molecule has 0 fully saturated rings. The first-order valence-electron chi connectivity index (χ1n) is 8.37. The first kappa shape index (κ1) is 17.6. The summed E-state index contributed by atoms with van der Waals surface area (Å²) in [5.74, 6) is 0. The molecule has 0 amide bonds. The van der Waals surface area contributed by atoms with Crippen molar-refractivity contribution in [3.63, 3.8) is 0 Å². The number of H-pyrrole nitrogens is 1. The van der Waals surface area contributed by atoms with Crippen molar-refractivity contribution in [1.29, 1.82) is 0 Å². The highest BCUT2D eigenvalue weighted by molar-refractivity contribution is 7.09. The minimum absolute atomic E-state index is 0.127. The van der Waals surface area contributed by atoms with Gasteiger partial charge in [0.1, 0.15) is 0 Å². The number of nitrogens with one attached hydrogen (secondary N) is 1.